The molecule has 1 heterocycles. The van der Waals surface area contributed by atoms with E-state index in [4.69, 9.17) is 34.8 Å². The first-order valence-corrected chi connectivity index (χ1v) is 9.12. The van der Waals surface area contributed by atoms with E-state index < -0.39 is 9.84 Å². The summed E-state index contributed by atoms with van der Waals surface area (Å²) in [5, 5.41) is 0.936. The number of amides is 1. The maximum atomic E-state index is 11.8. The molecule has 1 aliphatic heterocycles. The van der Waals surface area contributed by atoms with Crippen molar-refractivity contribution in [2.45, 2.75) is 12.8 Å². The molecule has 1 aliphatic rings. The lowest BCUT2D eigenvalue weighted by atomic mass is 10.1. The molecule has 2 N–H and O–H groups in total. The van der Waals surface area contributed by atoms with Crippen LogP contribution < -0.4 is 10.9 Å². The zero-order valence-electron chi connectivity index (χ0n) is 10.8. The van der Waals surface area contributed by atoms with Gasteiger partial charge in [0, 0.05) is 11.4 Å². The summed E-state index contributed by atoms with van der Waals surface area (Å²) in [6.45, 7) is 0. The molecule has 0 aromatic heterocycles. The summed E-state index contributed by atoms with van der Waals surface area (Å²) >= 11 is 17.7. The third kappa shape index (κ3) is 4.64. The molecule has 1 atom stereocenters. The summed E-state index contributed by atoms with van der Waals surface area (Å²) in [7, 11) is -2.98. The van der Waals surface area contributed by atoms with Gasteiger partial charge in [-0.05, 0) is 24.5 Å². The van der Waals surface area contributed by atoms with Crippen LogP contribution in [0.2, 0.25) is 15.1 Å². The van der Waals surface area contributed by atoms with Crippen molar-refractivity contribution in [2.24, 2.45) is 5.92 Å². The van der Waals surface area contributed by atoms with Gasteiger partial charge in [-0.1, -0.05) is 34.8 Å². The van der Waals surface area contributed by atoms with Gasteiger partial charge >= 0.3 is 0 Å². The molecule has 1 aromatic rings. The number of benzene rings is 1. The first-order valence-electron chi connectivity index (χ1n) is 6.16. The van der Waals surface area contributed by atoms with Gasteiger partial charge < -0.3 is 0 Å². The van der Waals surface area contributed by atoms with Gasteiger partial charge in [-0.3, -0.25) is 15.6 Å². The molecule has 1 aromatic carbocycles. The van der Waals surface area contributed by atoms with Gasteiger partial charge in [-0.25, -0.2) is 8.42 Å². The first kappa shape index (κ1) is 16.7. The van der Waals surface area contributed by atoms with Crippen LogP contribution in [0.25, 0.3) is 0 Å². The van der Waals surface area contributed by atoms with Gasteiger partial charge in [-0.2, -0.15) is 0 Å². The molecule has 2 rings (SSSR count). The Morgan fingerprint density at radius 2 is 1.86 bits per heavy atom. The van der Waals surface area contributed by atoms with E-state index >= 15 is 0 Å². The Balaban J connectivity index is 1.90. The van der Waals surface area contributed by atoms with E-state index in [2.05, 4.69) is 10.9 Å². The van der Waals surface area contributed by atoms with Crippen molar-refractivity contribution < 1.29 is 13.2 Å². The molecular weight excluding hydrogens is 359 g/mol. The average molecular weight is 372 g/mol. The molecule has 5 nitrogen and oxygen atoms in total. The zero-order chi connectivity index (χ0) is 15.6. The normalized spacial score (nSPS) is 20.2. The van der Waals surface area contributed by atoms with Crippen molar-refractivity contribution >= 4 is 56.2 Å². The van der Waals surface area contributed by atoms with Crippen LogP contribution in [0.3, 0.4) is 0 Å². The average Bonchev–Trinajstić information content (AvgIpc) is 2.67. The quantitative estimate of drug-likeness (QED) is 0.798. The smallest absolute Gasteiger partial charge is 0.238 e. The zero-order valence-corrected chi connectivity index (χ0v) is 13.9. The number of anilines is 1. The maximum absolute atomic E-state index is 11.8. The summed E-state index contributed by atoms with van der Waals surface area (Å²) in [6.07, 6.45) is 0.646. The lowest BCUT2D eigenvalue weighted by molar-refractivity contribution is -0.121. The van der Waals surface area contributed by atoms with Crippen LogP contribution >= 0.6 is 34.8 Å². The standard InChI is InChI=1S/C12H13Cl3N2O3S/c13-8-4-9(14)12(10(15)5-8)17-16-11(18)3-7-1-2-21(19,20)6-7/h4-5,7,17H,1-3,6H2,(H,16,18). The largest absolute Gasteiger partial charge is 0.296 e. The van der Waals surface area contributed by atoms with Crippen molar-refractivity contribution in [3.63, 3.8) is 0 Å². The number of carbonyl (C=O) groups excluding carboxylic acids is 1. The number of hydrazine groups is 1. The molecule has 0 bridgehead atoms. The second kappa shape index (κ2) is 6.60. The van der Waals surface area contributed by atoms with E-state index in [1.807, 2.05) is 0 Å². The number of halogens is 3. The van der Waals surface area contributed by atoms with Gasteiger partial charge in [0.05, 0.1) is 27.2 Å². The molecule has 9 heteroatoms. The van der Waals surface area contributed by atoms with E-state index in [9.17, 15) is 13.2 Å². The Hall–Kier alpha value is -0.690. The third-order valence-corrected chi connectivity index (χ3v) is 5.79. The molecular formula is C12H13Cl3N2O3S. The highest BCUT2D eigenvalue weighted by molar-refractivity contribution is 7.91. The van der Waals surface area contributed by atoms with Crippen LogP contribution in [0, 0.1) is 5.92 Å². The van der Waals surface area contributed by atoms with Gasteiger partial charge in [0.1, 0.15) is 0 Å². The summed E-state index contributed by atoms with van der Waals surface area (Å²) in [6, 6.07) is 2.99. The topological polar surface area (TPSA) is 75.3 Å². The van der Waals surface area contributed by atoms with E-state index in [-0.39, 0.29) is 39.8 Å². The van der Waals surface area contributed by atoms with Crippen molar-refractivity contribution in [1.29, 1.82) is 0 Å². The molecule has 1 saturated heterocycles. The van der Waals surface area contributed by atoms with Gasteiger partial charge in [0.2, 0.25) is 5.91 Å². The fourth-order valence-electron chi connectivity index (χ4n) is 2.14. The Labute approximate surface area is 137 Å². The summed E-state index contributed by atoms with van der Waals surface area (Å²) in [4.78, 5) is 11.8. The van der Waals surface area contributed by atoms with E-state index in [0.717, 1.165) is 0 Å². The summed E-state index contributed by atoms with van der Waals surface area (Å²) in [5.41, 5.74) is 5.43. The number of carbonyl (C=O) groups is 1. The van der Waals surface area contributed by atoms with Crippen molar-refractivity contribution in [1.82, 2.24) is 5.43 Å². The number of nitrogens with one attached hydrogen (secondary N) is 2. The predicted molar refractivity (Wildman–Crippen MR) is 84.6 cm³/mol. The highest BCUT2D eigenvalue weighted by Crippen LogP contribution is 2.33. The fourth-order valence-corrected chi connectivity index (χ4v) is 4.91. The minimum absolute atomic E-state index is 0.0584. The van der Waals surface area contributed by atoms with Crippen molar-refractivity contribution in [3.8, 4) is 0 Å². The minimum Gasteiger partial charge on any atom is -0.296 e. The van der Waals surface area contributed by atoms with Gasteiger partial charge in [0.15, 0.2) is 9.84 Å². The molecule has 0 spiro atoms. The minimum atomic E-state index is -2.98. The second-order valence-corrected chi connectivity index (χ2v) is 8.37. The number of sulfone groups is 1. The Bertz CT molecular complexity index is 641. The van der Waals surface area contributed by atoms with Crippen LogP contribution in [0.15, 0.2) is 12.1 Å². The fraction of sp³-hybridized carbons (Fsp3) is 0.417. The highest BCUT2D eigenvalue weighted by Gasteiger charge is 2.29. The third-order valence-electron chi connectivity index (χ3n) is 3.13. The molecule has 116 valence electrons. The molecule has 0 aliphatic carbocycles. The van der Waals surface area contributed by atoms with Crippen LogP contribution in [0.1, 0.15) is 12.8 Å². The first-order chi connectivity index (χ1) is 9.77. The highest BCUT2D eigenvalue weighted by atomic mass is 35.5. The monoisotopic (exact) mass is 370 g/mol. The number of hydrogen-bond acceptors (Lipinski definition) is 4. The van der Waals surface area contributed by atoms with Crippen molar-refractivity contribution in [3.05, 3.63) is 27.2 Å². The summed E-state index contributed by atoms with van der Waals surface area (Å²) in [5.74, 6) is -0.261. The van der Waals surface area contributed by atoms with Crippen LogP contribution in [-0.4, -0.2) is 25.8 Å². The molecule has 0 saturated carbocycles. The lowest BCUT2D eigenvalue weighted by Crippen LogP contribution is -2.31. The van der Waals surface area contributed by atoms with E-state index in [0.29, 0.717) is 17.1 Å². The SMILES string of the molecule is O=C(CC1CCS(=O)(=O)C1)NNc1c(Cl)cc(Cl)cc1Cl. The predicted octanol–water partition coefficient (Wildman–Crippen LogP) is 2.91. The Morgan fingerprint density at radius 3 is 2.38 bits per heavy atom. The molecule has 1 amide bonds. The lowest BCUT2D eigenvalue weighted by Gasteiger charge is -2.13. The van der Waals surface area contributed by atoms with Crippen molar-refractivity contribution in [2.75, 3.05) is 16.9 Å². The number of hydrogen-bond donors (Lipinski definition) is 2. The van der Waals surface area contributed by atoms with E-state index in [1.54, 1.807) is 0 Å². The van der Waals surface area contributed by atoms with Gasteiger partial charge in [-0.15, -0.1) is 0 Å². The molecule has 1 unspecified atom stereocenters. The molecule has 21 heavy (non-hydrogen) atoms. The molecule has 0 radical (unpaired) electrons. The Morgan fingerprint density at radius 1 is 1.24 bits per heavy atom. The number of rotatable bonds is 4. The second-order valence-electron chi connectivity index (χ2n) is 4.89. The summed E-state index contributed by atoms with van der Waals surface area (Å²) < 4.78 is 22.7. The van der Waals surface area contributed by atoms with Gasteiger partial charge in [0.25, 0.3) is 0 Å². The Kier molecular flexibility index (Phi) is 5.24. The van der Waals surface area contributed by atoms with E-state index in [1.165, 1.54) is 12.1 Å². The van der Waals surface area contributed by atoms with Crippen LogP contribution in [-0.2, 0) is 14.6 Å². The molecule has 1 fully saturated rings. The van der Waals surface area contributed by atoms with Crippen LogP contribution in [0.4, 0.5) is 5.69 Å². The maximum Gasteiger partial charge on any atom is 0.238 e. The van der Waals surface area contributed by atoms with Crippen LogP contribution in [0.5, 0.6) is 0 Å².